The molecule has 0 spiro atoms. The zero-order valence-electron chi connectivity index (χ0n) is 18.6. The predicted octanol–water partition coefficient (Wildman–Crippen LogP) is 3.75. The zero-order chi connectivity index (χ0) is 21.8. The number of fused-ring (bicyclic) bond motifs is 2. The molecular weight excluding hydrogens is 386 g/mol. The summed E-state index contributed by atoms with van der Waals surface area (Å²) in [4.78, 5) is 13.2. The first kappa shape index (κ1) is 22.1. The lowest BCUT2D eigenvalue weighted by molar-refractivity contribution is 0.0737. The SMILES string of the molecule is CNc1ccc(C(=O)NC2C(C)(C)[C@@H]3CC[C@]2(C)C3)cc1S(=O)(=O)NC(C)(C)C. The zero-order valence-corrected chi connectivity index (χ0v) is 19.5. The molecule has 2 bridgehead atoms. The van der Waals surface area contributed by atoms with Crippen molar-refractivity contribution in [3.05, 3.63) is 23.8 Å². The number of hydrogen-bond acceptors (Lipinski definition) is 4. The van der Waals surface area contributed by atoms with Gasteiger partial charge in [0.25, 0.3) is 5.91 Å². The van der Waals surface area contributed by atoms with Gasteiger partial charge in [-0.2, -0.15) is 0 Å². The van der Waals surface area contributed by atoms with Gasteiger partial charge in [0.05, 0.1) is 5.69 Å². The van der Waals surface area contributed by atoms with Gasteiger partial charge in [-0.1, -0.05) is 20.8 Å². The lowest BCUT2D eigenvalue weighted by atomic mass is 9.68. The molecule has 2 aliphatic carbocycles. The van der Waals surface area contributed by atoms with Crippen LogP contribution >= 0.6 is 0 Å². The average molecular weight is 422 g/mol. The van der Waals surface area contributed by atoms with Crippen molar-refractivity contribution in [2.75, 3.05) is 12.4 Å². The first-order chi connectivity index (χ1) is 13.2. The smallest absolute Gasteiger partial charge is 0.251 e. The van der Waals surface area contributed by atoms with E-state index in [9.17, 15) is 13.2 Å². The fourth-order valence-corrected chi connectivity index (χ4v) is 7.09. The van der Waals surface area contributed by atoms with Crippen LogP contribution in [-0.4, -0.2) is 33.0 Å². The van der Waals surface area contributed by atoms with Crippen molar-refractivity contribution in [2.45, 2.75) is 77.3 Å². The van der Waals surface area contributed by atoms with Crippen LogP contribution in [0.2, 0.25) is 0 Å². The van der Waals surface area contributed by atoms with E-state index in [4.69, 9.17) is 0 Å². The van der Waals surface area contributed by atoms with Gasteiger partial charge in [0.15, 0.2) is 0 Å². The highest BCUT2D eigenvalue weighted by Gasteiger charge is 2.59. The Kier molecular flexibility index (Phi) is 5.32. The molecule has 7 heteroatoms. The fraction of sp³-hybridized carbons (Fsp3) is 0.682. The van der Waals surface area contributed by atoms with Crippen LogP contribution in [0.1, 0.15) is 71.2 Å². The number of carbonyl (C=O) groups is 1. The molecule has 0 aliphatic heterocycles. The normalized spacial score (nSPS) is 28.4. The predicted molar refractivity (Wildman–Crippen MR) is 117 cm³/mol. The molecular formula is C22H35N3O3S. The molecule has 1 amide bonds. The van der Waals surface area contributed by atoms with Gasteiger partial charge in [0, 0.05) is 24.2 Å². The molecule has 3 rings (SSSR count). The number of amides is 1. The highest BCUT2D eigenvalue weighted by atomic mass is 32.2. The summed E-state index contributed by atoms with van der Waals surface area (Å²) >= 11 is 0. The Bertz CT molecular complexity index is 913. The van der Waals surface area contributed by atoms with E-state index in [0.29, 0.717) is 17.2 Å². The van der Waals surface area contributed by atoms with E-state index in [1.807, 2.05) is 0 Å². The Balaban J connectivity index is 1.91. The molecule has 0 aromatic heterocycles. The third kappa shape index (κ3) is 4.04. The monoisotopic (exact) mass is 421 g/mol. The second kappa shape index (κ2) is 6.98. The van der Waals surface area contributed by atoms with Crippen molar-refractivity contribution in [2.24, 2.45) is 16.7 Å². The molecule has 1 aromatic carbocycles. The first-order valence-electron chi connectivity index (χ1n) is 10.4. The van der Waals surface area contributed by atoms with Gasteiger partial charge in [-0.3, -0.25) is 4.79 Å². The van der Waals surface area contributed by atoms with Crippen molar-refractivity contribution < 1.29 is 13.2 Å². The van der Waals surface area contributed by atoms with Crippen molar-refractivity contribution in [1.29, 1.82) is 0 Å². The largest absolute Gasteiger partial charge is 0.387 e. The van der Waals surface area contributed by atoms with E-state index < -0.39 is 15.6 Å². The van der Waals surface area contributed by atoms with Crippen molar-refractivity contribution in [3.63, 3.8) is 0 Å². The number of nitrogens with one attached hydrogen (secondary N) is 3. The van der Waals surface area contributed by atoms with E-state index in [-0.39, 0.29) is 27.7 Å². The maximum Gasteiger partial charge on any atom is 0.251 e. The second-order valence-corrected chi connectivity index (χ2v) is 12.3. The van der Waals surface area contributed by atoms with Gasteiger partial charge in [-0.05, 0) is 75.0 Å². The Morgan fingerprint density at radius 3 is 2.34 bits per heavy atom. The number of rotatable bonds is 5. The van der Waals surface area contributed by atoms with Crippen LogP contribution < -0.4 is 15.4 Å². The van der Waals surface area contributed by atoms with Gasteiger partial charge < -0.3 is 10.6 Å². The summed E-state index contributed by atoms with van der Waals surface area (Å²) < 4.78 is 28.5. The minimum atomic E-state index is -3.78. The quantitative estimate of drug-likeness (QED) is 0.676. The highest BCUT2D eigenvalue weighted by molar-refractivity contribution is 7.89. The molecule has 3 N–H and O–H groups in total. The van der Waals surface area contributed by atoms with Crippen LogP contribution in [0.4, 0.5) is 5.69 Å². The lowest BCUT2D eigenvalue weighted by Crippen LogP contribution is -2.52. The Morgan fingerprint density at radius 1 is 1.17 bits per heavy atom. The summed E-state index contributed by atoms with van der Waals surface area (Å²) in [6.45, 7) is 12.1. The number of carbonyl (C=O) groups excluding carboxylic acids is 1. The number of benzene rings is 1. The van der Waals surface area contributed by atoms with Gasteiger partial charge >= 0.3 is 0 Å². The Hall–Kier alpha value is -1.60. The maximum absolute atomic E-state index is 13.1. The van der Waals surface area contributed by atoms with Crippen LogP contribution in [0.3, 0.4) is 0 Å². The van der Waals surface area contributed by atoms with Crippen LogP contribution in [0.25, 0.3) is 0 Å². The van der Waals surface area contributed by atoms with Crippen molar-refractivity contribution in [3.8, 4) is 0 Å². The van der Waals surface area contributed by atoms with Crippen LogP contribution in [0.15, 0.2) is 23.1 Å². The van der Waals surface area contributed by atoms with Crippen molar-refractivity contribution >= 4 is 21.6 Å². The van der Waals surface area contributed by atoms with E-state index in [2.05, 4.69) is 36.1 Å². The highest BCUT2D eigenvalue weighted by Crippen LogP contribution is 2.62. The topological polar surface area (TPSA) is 87.3 Å². The molecule has 3 atom stereocenters. The van der Waals surface area contributed by atoms with Crippen LogP contribution in [-0.2, 0) is 10.0 Å². The summed E-state index contributed by atoms with van der Waals surface area (Å²) in [6.07, 6.45) is 3.48. The van der Waals surface area contributed by atoms with Gasteiger partial charge in [0.2, 0.25) is 10.0 Å². The molecule has 1 unspecified atom stereocenters. The summed E-state index contributed by atoms with van der Waals surface area (Å²) in [6, 6.07) is 4.88. The molecule has 162 valence electrons. The first-order valence-corrected chi connectivity index (χ1v) is 11.8. The molecule has 2 fully saturated rings. The molecule has 2 aliphatic rings. The van der Waals surface area contributed by atoms with Crippen LogP contribution in [0, 0.1) is 16.7 Å². The Morgan fingerprint density at radius 2 is 1.83 bits per heavy atom. The Labute approximate surface area is 175 Å². The number of anilines is 1. The average Bonchev–Trinajstić information content (AvgIpc) is 3.07. The van der Waals surface area contributed by atoms with Gasteiger partial charge in [-0.15, -0.1) is 0 Å². The fourth-order valence-electron chi connectivity index (χ4n) is 5.43. The third-order valence-electron chi connectivity index (χ3n) is 6.79. The summed E-state index contributed by atoms with van der Waals surface area (Å²) in [5, 5.41) is 6.16. The minimum absolute atomic E-state index is 0.0380. The van der Waals surface area contributed by atoms with Crippen LogP contribution in [0.5, 0.6) is 0 Å². The second-order valence-electron chi connectivity index (χ2n) is 10.6. The molecule has 6 nitrogen and oxygen atoms in total. The number of sulfonamides is 1. The van der Waals surface area contributed by atoms with Crippen molar-refractivity contribution in [1.82, 2.24) is 10.0 Å². The molecule has 2 saturated carbocycles. The van der Waals surface area contributed by atoms with Gasteiger partial charge in [0.1, 0.15) is 4.90 Å². The summed E-state index contributed by atoms with van der Waals surface area (Å²) in [5.41, 5.74) is 0.350. The van der Waals surface area contributed by atoms with E-state index in [1.54, 1.807) is 40.0 Å². The third-order valence-corrected chi connectivity index (χ3v) is 8.59. The van der Waals surface area contributed by atoms with E-state index >= 15 is 0 Å². The molecule has 0 heterocycles. The summed E-state index contributed by atoms with van der Waals surface area (Å²) in [7, 11) is -2.11. The number of hydrogen-bond donors (Lipinski definition) is 3. The summed E-state index contributed by atoms with van der Waals surface area (Å²) in [5.74, 6) is 0.406. The van der Waals surface area contributed by atoms with Gasteiger partial charge in [-0.25, -0.2) is 13.1 Å². The van der Waals surface area contributed by atoms with E-state index in [0.717, 1.165) is 12.8 Å². The lowest BCUT2D eigenvalue weighted by Gasteiger charge is -2.43. The van der Waals surface area contributed by atoms with E-state index in [1.165, 1.54) is 12.5 Å². The molecule has 0 saturated heterocycles. The molecule has 0 radical (unpaired) electrons. The minimum Gasteiger partial charge on any atom is -0.387 e. The molecule has 1 aromatic rings. The maximum atomic E-state index is 13.1. The molecule has 29 heavy (non-hydrogen) atoms. The standard InChI is InChI=1S/C22H35N3O3S/c1-20(2,3)25-29(27,28)17-12-14(8-9-16(17)23-7)18(26)24-19-21(4,5)15-10-11-22(19,6)13-15/h8-9,12,15,19,23,25H,10-11,13H2,1-7H3,(H,24,26)/t15-,19?,22-/m1/s1.